The van der Waals surface area contributed by atoms with Crippen LogP contribution in [0.25, 0.3) is 0 Å². The Kier molecular flexibility index (Phi) is 3.08. The second-order valence-corrected chi connectivity index (χ2v) is 4.13. The van der Waals surface area contributed by atoms with Crippen LogP contribution in [0.15, 0.2) is 6.20 Å². The van der Waals surface area contributed by atoms with Crippen molar-refractivity contribution in [1.82, 2.24) is 19.9 Å². The highest BCUT2D eigenvalue weighted by atomic mass is 16.4. The highest BCUT2D eigenvalue weighted by Gasteiger charge is 2.23. The van der Waals surface area contributed by atoms with E-state index in [4.69, 9.17) is 5.11 Å². The van der Waals surface area contributed by atoms with Gasteiger partial charge in [0.05, 0.1) is 12.2 Å². The minimum atomic E-state index is -1.07. The molecule has 0 spiro atoms. The van der Waals surface area contributed by atoms with Crippen molar-refractivity contribution in [1.29, 1.82) is 0 Å². The standard InChI is InChI=1S/C10H14N4O3/c1-7(15)13-4-2-8(3-5-13)14-6-9(10(16)17)11-12-14/h6,8H,2-5H2,1H3,(H,16,17). The number of carbonyl (C=O) groups excluding carboxylic acids is 1. The van der Waals surface area contributed by atoms with E-state index in [0.717, 1.165) is 12.8 Å². The first kappa shape index (κ1) is 11.6. The Balaban J connectivity index is 2.00. The molecule has 1 aromatic rings. The summed E-state index contributed by atoms with van der Waals surface area (Å²) in [5.41, 5.74) is -0.0426. The van der Waals surface area contributed by atoms with E-state index in [1.807, 2.05) is 0 Å². The van der Waals surface area contributed by atoms with Crippen LogP contribution in [0.5, 0.6) is 0 Å². The fourth-order valence-electron chi connectivity index (χ4n) is 2.00. The first-order chi connectivity index (χ1) is 8.08. The fraction of sp³-hybridized carbons (Fsp3) is 0.600. The van der Waals surface area contributed by atoms with Crippen LogP contribution in [0, 0.1) is 0 Å². The number of likely N-dealkylation sites (tertiary alicyclic amines) is 1. The largest absolute Gasteiger partial charge is 0.476 e. The van der Waals surface area contributed by atoms with Gasteiger partial charge in [-0.25, -0.2) is 9.48 Å². The van der Waals surface area contributed by atoms with Crippen molar-refractivity contribution in [2.45, 2.75) is 25.8 Å². The van der Waals surface area contributed by atoms with Crippen LogP contribution in [0.1, 0.15) is 36.3 Å². The van der Waals surface area contributed by atoms with Gasteiger partial charge in [-0.2, -0.15) is 0 Å². The number of aromatic carboxylic acids is 1. The quantitative estimate of drug-likeness (QED) is 0.792. The summed E-state index contributed by atoms with van der Waals surface area (Å²) in [6, 6.07) is 0.131. The lowest BCUT2D eigenvalue weighted by Gasteiger charge is -2.30. The molecule has 2 rings (SSSR count). The van der Waals surface area contributed by atoms with E-state index in [0.29, 0.717) is 13.1 Å². The molecule has 0 saturated carbocycles. The van der Waals surface area contributed by atoms with E-state index < -0.39 is 5.97 Å². The summed E-state index contributed by atoms with van der Waals surface area (Å²) >= 11 is 0. The summed E-state index contributed by atoms with van der Waals surface area (Å²) in [7, 11) is 0. The van der Waals surface area contributed by atoms with Crippen molar-refractivity contribution < 1.29 is 14.7 Å². The van der Waals surface area contributed by atoms with Gasteiger partial charge in [-0.1, -0.05) is 5.21 Å². The molecule has 0 unspecified atom stereocenters. The Morgan fingerprint density at radius 1 is 1.41 bits per heavy atom. The molecule has 1 amide bonds. The molecule has 17 heavy (non-hydrogen) atoms. The van der Waals surface area contributed by atoms with Gasteiger partial charge in [-0.3, -0.25) is 4.79 Å². The van der Waals surface area contributed by atoms with E-state index >= 15 is 0 Å². The molecule has 7 heteroatoms. The van der Waals surface area contributed by atoms with Gasteiger partial charge in [0.25, 0.3) is 0 Å². The molecule has 92 valence electrons. The molecule has 1 aliphatic rings. The Morgan fingerprint density at radius 3 is 2.53 bits per heavy atom. The molecule has 7 nitrogen and oxygen atoms in total. The minimum Gasteiger partial charge on any atom is -0.476 e. The first-order valence-electron chi connectivity index (χ1n) is 5.48. The zero-order chi connectivity index (χ0) is 12.4. The SMILES string of the molecule is CC(=O)N1CCC(n2cc(C(=O)O)nn2)CC1. The number of amides is 1. The van der Waals surface area contributed by atoms with E-state index in [1.165, 1.54) is 6.20 Å². The normalized spacial score (nSPS) is 17.1. The number of hydrogen-bond donors (Lipinski definition) is 1. The lowest BCUT2D eigenvalue weighted by molar-refractivity contribution is -0.130. The average molecular weight is 238 g/mol. The van der Waals surface area contributed by atoms with Gasteiger partial charge in [-0.05, 0) is 12.8 Å². The maximum absolute atomic E-state index is 11.1. The Hall–Kier alpha value is -1.92. The Bertz CT molecular complexity index is 435. The van der Waals surface area contributed by atoms with Crippen molar-refractivity contribution in [3.63, 3.8) is 0 Å². The molecular weight excluding hydrogens is 224 g/mol. The van der Waals surface area contributed by atoms with Crippen molar-refractivity contribution in [3.8, 4) is 0 Å². The number of rotatable bonds is 2. The van der Waals surface area contributed by atoms with Gasteiger partial charge in [0, 0.05) is 20.0 Å². The number of carboxylic acid groups (broad SMARTS) is 1. The number of carbonyl (C=O) groups is 2. The van der Waals surface area contributed by atoms with Gasteiger partial charge in [-0.15, -0.1) is 5.10 Å². The van der Waals surface area contributed by atoms with E-state index in [9.17, 15) is 9.59 Å². The number of aromatic nitrogens is 3. The van der Waals surface area contributed by atoms with Crippen molar-refractivity contribution in [2.24, 2.45) is 0 Å². The second-order valence-electron chi connectivity index (χ2n) is 4.13. The average Bonchev–Trinajstić information content (AvgIpc) is 2.78. The van der Waals surface area contributed by atoms with Crippen LogP contribution >= 0.6 is 0 Å². The topological polar surface area (TPSA) is 88.3 Å². The van der Waals surface area contributed by atoms with Gasteiger partial charge in [0.1, 0.15) is 0 Å². The Labute approximate surface area is 98.0 Å². The highest BCUT2D eigenvalue weighted by Crippen LogP contribution is 2.21. The highest BCUT2D eigenvalue weighted by molar-refractivity contribution is 5.84. The maximum atomic E-state index is 11.1. The summed E-state index contributed by atoms with van der Waals surface area (Å²) in [5, 5.41) is 16.1. The predicted molar refractivity (Wildman–Crippen MR) is 57.5 cm³/mol. The first-order valence-corrected chi connectivity index (χ1v) is 5.48. The molecule has 0 aromatic carbocycles. The van der Waals surface area contributed by atoms with Crippen LogP contribution in [0.4, 0.5) is 0 Å². The zero-order valence-corrected chi connectivity index (χ0v) is 9.54. The molecule has 1 N–H and O–H groups in total. The van der Waals surface area contributed by atoms with Crippen molar-refractivity contribution in [2.75, 3.05) is 13.1 Å². The summed E-state index contributed by atoms with van der Waals surface area (Å²) < 4.78 is 1.58. The third-order valence-corrected chi connectivity index (χ3v) is 3.01. The number of nitrogens with zero attached hydrogens (tertiary/aromatic N) is 4. The maximum Gasteiger partial charge on any atom is 0.358 e. The smallest absolute Gasteiger partial charge is 0.358 e. The van der Waals surface area contributed by atoms with E-state index in [-0.39, 0.29) is 17.6 Å². The summed E-state index contributed by atoms with van der Waals surface area (Å²) in [6.07, 6.45) is 3.00. The third-order valence-electron chi connectivity index (χ3n) is 3.01. The molecule has 2 heterocycles. The number of piperidine rings is 1. The van der Waals surface area contributed by atoms with Gasteiger partial charge >= 0.3 is 5.97 Å². The van der Waals surface area contributed by atoms with Crippen LogP contribution in [-0.2, 0) is 4.79 Å². The van der Waals surface area contributed by atoms with Crippen molar-refractivity contribution in [3.05, 3.63) is 11.9 Å². The molecule has 0 radical (unpaired) electrons. The predicted octanol–water partition coefficient (Wildman–Crippen LogP) is 0.160. The van der Waals surface area contributed by atoms with Crippen LogP contribution in [0.3, 0.4) is 0 Å². The molecule has 1 saturated heterocycles. The molecule has 0 bridgehead atoms. The minimum absolute atomic E-state index is 0.0426. The summed E-state index contributed by atoms with van der Waals surface area (Å²) in [4.78, 5) is 23.6. The van der Waals surface area contributed by atoms with Crippen molar-refractivity contribution >= 4 is 11.9 Å². The molecule has 1 aromatic heterocycles. The molecule has 1 fully saturated rings. The third kappa shape index (κ3) is 2.43. The number of hydrogen-bond acceptors (Lipinski definition) is 4. The van der Waals surface area contributed by atoms with E-state index in [2.05, 4.69) is 10.3 Å². The van der Waals surface area contributed by atoms with Crippen LogP contribution < -0.4 is 0 Å². The number of carboxylic acids is 1. The van der Waals surface area contributed by atoms with Crippen LogP contribution in [-0.4, -0.2) is 50.0 Å². The van der Waals surface area contributed by atoms with E-state index in [1.54, 1.807) is 16.5 Å². The van der Waals surface area contributed by atoms with Crippen LogP contribution in [0.2, 0.25) is 0 Å². The molecule has 0 aliphatic carbocycles. The summed E-state index contributed by atoms with van der Waals surface area (Å²) in [6.45, 7) is 2.92. The molecule has 1 aliphatic heterocycles. The zero-order valence-electron chi connectivity index (χ0n) is 9.54. The second kappa shape index (κ2) is 4.52. The monoisotopic (exact) mass is 238 g/mol. The molecular formula is C10H14N4O3. The molecule has 0 atom stereocenters. The fourth-order valence-corrected chi connectivity index (χ4v) is 2.00. The Morgan fingerprint density at radius 2 is 2.06 bits per heavy atom. The van der Waals surface area contributed by atoms with Gasteiger partial charge in [0.2, 0.25) is 5.91 Å². The lowest BCUT2D eigenvalue weighted by atomic mass is 10.1. The van der Waals surface area contributed by atoms with Gasteiger partial charge < -0.3 is 10.0 Å². The summed E-state index contributed by atoms with van der Waals surface area (Å²) in [5.74, 6) is -0.995. The van der Waals surface area contributed by atoms with Gasteiger partial charge in [0.15, 0.2) is 5.69 Å². The lowest BCUT2D eigenvalue weighted by Crippen LogP contribution is -2.37.